The summed E-state index contributed by atoms with van der Waals surface area (Å²) in [7, 11) is 0. The van der Waals surface area contributed by atoms with Crippen LogP contribution in [0.2, 0.25) is 0 Å². The zero-order chi connectivity index (χ0) is 13.2. The Morgan fingerprint density at radius 1 is 1.17 bits per heavy atom. The van der Waals surface area contributed by atoms with Gasteiger partial charge in [0.25, 0.3) is 0 Å². The molecule has 0 spiro atoms. The second-order valence-electron chi connectivity index (χ2n) is 6.94. The molecule has 1 aliphatic carbocycles. The molecule has 1 aliphatic heterocycles. The van der Waals surface area contributed by atoms with Crippen LogP contribution in [0, 0.1) is 5.41 Å². The van der Waals surface area contributed by atoms with Crippen molar-refractivity contribution in [3.05, 3.63) is 0 Å². The average Bonchev–Trinajstić information content (AvgIpc) is 2.31. The summed E-state index contributed by atoms with van der Waals surface area (Å²) in [5, 5.41) is 0. The Hall–Kier alpha value is 0.270. The lowest BCUT2D eigenvalue weighted by Crippen LogP contribution is -2.50. The summed E-state index contributed by atoms with van der Waals surface area (Å²) in [6.07, 6.45) is 6.46. The van der Waals surface area contributed by atoms with E-state index in [0.717, 1.165) is 12.1 Å². The lowest BCUT2D eigenvalue weighted by molar-refractivity contribution is 0.0896. The van der Waals surface area contributed by atoms with E-state index in [2.05, 4.69) is 37.4 Å². The van der Waals surface area contributed by atoms with Crippen molar-refractivity contribution in [2.24, 2.45) is 11.1 Å². The predicted octanol–water partition coefficient (Wildman–Crippen LogP) is 3.11. The third kappa shape index (κ3) is 3.64. The van der Waals surface area contributed by atoms with Crippen LogP contribution < -0.4 is 5.73 Å². The molecule has 3 heteroatoms. The molecule has 0 radical (unpaired) electrons. The number of rotatable bonds is 3. The summed E-state index contributed by atoms with van der Waals surface area (Å²) >= 11 is 2.15. The van der Waals surface area contributed by atoms with Gasteiger partial charge in [-0.25, -0.2) is 0 Å². The smallest absolute Gasteiger partial charge is 0.0194 e. The normalized spacial score (nSPS) is 36.8. The van der Waals surface area contributed by atoms with Crippen molar-refractivity contribution in [1.29, 1.82) is 0 Å². The average molecular weight is 270 g/mol. The first-order chi connectivity index (χ1) is 8.52. The second-order valence-corrected chi connectivity index (χ2v) is 7.97. The van der Waals surface area contributed by atoms with E-state index in [1.807, 2.05) is 0 Å². The third-order valence-electron chi connectivity index (χ3n) is 4.64. The molecule has 0 amide bonds. The van der Waals surface area contributed by atoms with Crippen LogP contribution >= 0.6 is 11.8 Å². The van der Waals surface area contributed by atoms with E-state index >= 15 is 0 Å². The quantitative estimate of drug-likeness (QED) is 0.854. The molecule has 0 aromatic rings. The van der Waals surface area contributed by atoms with Crippen molar-refractivity contribution in [2.45, 2.75) is 71.0 Å². The molecule has 18 heavy (non-hydrogen) atoms. The van der Waals surface area contributed by atoms with Gasteiger partial charge in [0.15, 0.2) is 0 Å². The van der Waals surface area contributed by atoms with Crippen LogP contribution in [-0.4, -0.2) is 41.1 Å². The van der Waals surface area contributed by atoms with Crippen molar-refractivity contribution in [2.75, 3.05) is 18.1 Å². The minimum atomic E-state index is 0.470. The highest BCUT2D eigenvalue weighted by molar-refractivity contribution is 7.99. The number of thioether (sulfide) groups is 1. The first kappa shape index (κ1) is 14.7. The molecule has 1 atom stereocenters. The Bertz CT molecular complexity index is 259. The lowest BCUT2D eigenvalue weighted by Gasteiger charge is -2.45. The summed E-state index contributed by atoms with van der Waals surface area (Å²) in [6.45, 7) is 8.40. The van der Waals surface area contributed by atoms with Crippen LogP contribution in [0.25, 0.3) is 0 Å². The second kappa shape index (κ2) is 6.15. The summed E-state index contributed by atoms with van der Waals surface area (Å²) < 4.78 is 0. The number of nitrogens with zero attached hydrogens (tertiary/aromatic N) is 1. The molecular formula is C15H30N2S. The fourth-order valence-corrected chi connectivity index (χ4v) is 5.06. The maximum absolute atomic E-state index is 6.04. The standard InChI is InChI=1S/C15H30N2S/c1-4-17(13-7-5-12(16)6-8-13)14-9-15(2,3)11-18-10-14/h12-14H,4-11,16H2,1-3H3. The molecule has 1 saturated carbocycles. The van der Waals surface area contributed by atoms with Gasteiger partial charge in [-0.3, -0.25) is 4.90 Å². The molecule has 0 aromatic carbocycles. The molecule has 106 valence electrons. The predicted molar refractivity (Wildman–Crippen MR) is 82.1 cm³/mol. The van der Waals surface area contributed by atoms with Crippen molar-refractivity contribution in [3.63, 3.8) is 0 Å². The maximum Gasteiger partial charge on any atom is 0.0194 e. The summed E-state index contributed by atoms with van der Waals surface area (Å²) in [6, 6.07) is 2.06. The Labute approximate surface area is 117 Å². The minimum absolute atomic E-state index is 0.470. The molecule has 0 bridgehead atoms. The van der Waals surface area contributed by atoms with Gasteiger partial charge < -0.3 is 5.73 Å². The van der Waals surface area contributed by atoms with Gasteiger partial charge in [-0.2, -0.15) is 11.8 Å². The molecule has 1 heterocycles. The molecule has 2 aliphatic rings. The van der Waals surface area contributed by atoms with Crippen LogP contribution in [-0.2, 0) is 0 Å². The van der Waals surface area contributed by atoms with E-state index in [1.165, 1.54) is 50.2 Å². The van der Waals surface area contributed by atoms with Crippen LogP contribution in [0.4, 0.5) is 0 Å². The van der Waals surface area contributed by atoms with Gasteiger partial charge in [0.2, 0.25) is 0 Å². The molecule has 0 aromatic heterocycles. The highest BCUT2D eigenvalue weighted by atomic mass is 32.2. The van der Waals surface area contributed by atoms with Crippen LogP contribution in [0.5, 0.6) is 0 Å². The minimum Gasteiger partial charge on any atom is -0.328 e. The fraction of sp³-hybridized carbons (Fsp3) is 1.00. The zero-order valence-electron chi connectivity index (χ0n) is 12.3. The van der Waals surface area contributed by atoms with Crippen LogP contribution in [0.15, 0.2) is 0 Å². The number of hydrogen-bond donors (Lipinski definition) is 1. The van der Waals surface area contributed by atoms with Crippen molar-refractivity contribution >= 4 is 11.8 Å². The van der Waals surface area contributed by atoms with Crippen molar-refractivity contribution < 1.29 is 0 Å². The van der Waals surface area contributed by atoms with Crippen molar-refractivity contribution in [1.82, 2.24) is 4.90 Å². The molecule has 2 fully saturated rings. The molecule has 1 saturated heterocycles. The number of nitrogens with two attached hydrogens (primary N) is 1. The van der Waals surface area contributed by atoms with E-state index < -0.39 is 0 Å². The van der Waals surface area contributed by atoms with Gasteiger partial charge in [0.1, 0.15) is 0 Å². The Morgan fingerprint density at radius 2 is 1.83 bits per heavy atom. The Morgan fingerprint density at radius 3 is 2.39 bits per heavy atom. The zero-order valence-corrected chi connectivity index (χ0v) is 13.1. The maximum atomic E-state index is 6.04. The van der Waals surface area contributed by atoms with E-state index in [9.17, 15) is 0 Å². The summed E-state index contributed by atoms with van der Waals surface area (Å²) in [5.74, 6) is 2.66. The molecule has 2 N–H and O–H groups in total. The van der Waals surface area contributed by atoms with E-state index in [0.29, 0.717) is 11.5 Å². The monoisotopic (exact) mass is 270 g/mol. The van der Waals surface area contributed by atoms with Crippen LogP contribution in [0.3, 0.4) is 0 Å². The topological polar surface area (TPSA) is 29.3 Å². The van der Waals surface area contributed by atoms with Crippen molar-refractivity contribution in [3.8, 4) is 0 Å². The van der Waals surface area contributed by atoms with Crippen LogP contribution in [0.1, 0.15) is 52.9 Å². The fourth-order valence-electron chi connectivity index (χ4n) is 3.69. The van der Waals surface area contributed by atoms with E-state index in [-0.39, 0.29) is 0 Å². The molecule has 1 unspecified atom stereocenters. The Balaban J connectivity index is 1.95. The van der Waals surface area contributed by atoms with Gasteiger partial charge in [-0.1, -0.05) is 20.8 Å². The highest BCUT2D eigenvalue weighted by Crippen LogP contribution is 2.37. The number of hydrogen-bond acceptors (Lipinski definition) is 3. The first-order valence-electron chi connectivity index (χ1n) is 7.61. The van der Waals surface area contributed by atoms with E-state index in [1.54, 1.807) is 0 Å². The first-order valence-corrected chi connectivity index (χ1v) is 8.76. The van der Waals surface area contributed by atoms with Gasteiger partial charge in [0.05, 0.1) is 0 Å². The highest BCUT2D eigenvalue weighted by Gasteiger charge is 2.35. The van der Waals surface area contributed by atoms with Gasteiger partial charge in [-0.05, 0) is 49.8 Å². The van der Waals surface area contributed by atoms with Gasteiger partial charge >= 0.3 is 0 Å². The molecule has 2 nitrogen and oxygen atoms in total. The molecule has 2 rings (SSSR count). The van der Waals surface area contributed by atoms with Gasteiger partial charge in [0, 0.05) is 23.9 Å². The van der Waals surface area contributed by atoms with Gasteiger partial charge in [-0.15, -0.1) is 0 Å². The summed E-state index contributed by atoms with van der Waals surface area (Å²) in [5.41, 5.74) is 6.56. The largest absolute Gasteiger partial charge is 0.328 e. The Kier molecular flexibility index (Phi) is 5.01. The van der Waals surface area contributed by atoms with E-state index in [4.69, 9.17) is 5.73 Å². The lowest BCUT2D eigenvalue weighted by atomic mass is 9.85. The molecular weight excluding hydrogens is 240 g/mol. The SMILES string of the molecule is CCN(C1CCC(N)CC1)C1CSCC(C)(C)C1. The third-order valence-corrected chi connectivity index (χ3v) is 6.24. The summed E-state index contributed by atoms with van der Waals surface area (Å²) in [4.78, 5) is 2.79.